The number of hydrogen-bond acceptors (Lipinski definition) is 3. The largest absolute Gasteiger partial charge is 0.326 e. The monoisotopic (exact) mass is 251 g/mol. The molecule has 0 aromatic heterocycles. The van der Waals surface area contributed by atoms with E-state index >= 15 is 0 Å². The summed E-state index contributed by atoms with van der Waals surface area (Å²) in [5.41, 5.74) is 6.90. The minimum Gasteiger partial charge on any atom is -0.326 e. The first-order valence-corrected chi connectivity index (χ1v) is 7.81. The zero-order valence-electron chi connectivity index (χ0n) is 12.1. The first-order valence-electron chi connectivity index (χ1n) is 7.81. The van der Waals surface area contributed by atoms with Gasteiger partial charge < -0.3 is 5.73 Å². The molecule has 0 bridgehead atoms. The van der Waals surface area contributed by atoms with Crippen molar-refractivity contribution in [3.8, 4) is 0 Å². The van der Waals surface area contributed by atoms with E-state index in [-0.39, 0.29) is 0 Å². The molecule has 1 aliphatic carbocycles. The van der Waals surface area contributed by atoms with Crippen molar-refractivity contribution in [1.29, 1.82) is 0 Å². The normalized spacial score (nSPS) is 41.8. The van der Waals surface area contributed by atoms with Crippen molar-refractivity contribution < 1.29 is 0 Å². The van der Waals surface area contributed by atoms with E-state index in [2.05, 4.69) is 23.6 Å². The van der Waals surface area contributed by atoms with Crippen LogP contribution in [0.2, 0.25) is 0 Å². The Balaban J connectivity index is 1.67. The van der Waals surface area contributed by atoms with Crippen molar-refractivity contribution in [2.45, 2.75) is 64.1 Å². The SMILES string of the molecule is CC1(C)CCCC(N2CCN3CCCC3C2)C1N. The minimum absolute atomic E-state index is 0.329. The van der Waals surface area contributed by atoms with Crippen LogP contribution in [0.4, 0.5) is 0 Å². The Morgan fingerprint density at radius 1 is 1.00 bits per heavy atom. The van der Waals surface area contributed by atoms with Crippen LogP contribution in [0.15, 0.2) is 0 Å². The molecule has 0 radical (unpaired) electrons. The van der Waals surface area contributed by atoms with Gasteiger partial charge in [0.2, 0.25) is 0 Å². The van der Waals surface area contributed by atoms with Crippen molar-refractivity contribution >= 4 is 0 Å². The van der Waals surface area contributed by atoms with E-state index in [1.807, 2.05) is 0 Å². The highest BCUT2D eigenvalue weighted by Crippen LogP contribution is 2.37. The fourth-order valence-electron chi connectivity index (χ4n) is 4.36. The lowest BCUT2D eigenvalue weighted by Crippen LogP contribution is -2.62. The summed E-state index contributed by atoms with van der Waals surface area (Å²) >= 11 is 0. The molecule has 1 saturated carbocycles. The lowest BCUT2D eigenvalue weighted by molar-refractivity contribution is 0.0179. The number of rotatable bonds is 1. The smallest absolute Gasteiger partial charge is 0.0253 e. The molecular weight excluding hydrogens is 222 g/mol. The van der Waals surface area contributed by atoms with Crippen LogP contribution >= 0.6 is 0 Å². The summed E-state index contributed by atoms with van der Waals surface area (Å²) in [7, 11) is 0. The van der Waals surface area contributed by atoms with Gasteiger partial charge in [-0.25, -0.2) is 0 Å². The van der Waals surface area contributed by atoms with Crippen molar-refractivity contribution in [1.82, 2.24) is 9.80 Å². The third-order valence-electron chi connectivity index (χ3n) is 5.73. The molecule has 0 amide bonds. The first-order chi connectivity index (χ1) is 8.58. The fourth-order valence-corrected chi connectivity index (χ4v) is 4.36. The van der Waals surface area contributed by atoms with Crippen LogP contribution in [0.1, 0.15) is 46.0 Å². The van der Waals surface area contributed by atoms with Crippen molar-refractivity contribution in [2.24, 2.45) is 11.1 Å². The third-order valence-corrected chi connectivity index (χ3v) is 5.73. The van der Waals surface area contributed by atoms with Gasteiger partial charge in [0.1, 0.15) is 0 Å². The van der Waals surface area contributed by atoms with Crippen LogP contribution in [0.25, 0.3) is 0 Å². The minimum atomic E-state index is 0.329. The van der Waals surface area contributed by atoms with Gasteiger partial charge in [0.15, 0.2) is 0 Å². The summed E-state index contributed by atoms with van der Waals surface area (Å²) in [6, 6.07) is 1.83. The van der Waals surface area contributed by atoms with Crippen molar-refractivity contribution in [2.75, 3.05) is 26.2 Å². The number of hydrogen-bond donors (Lipinski definition) is 1. The zero-order valence-corrected chi connectivity index (χ0v) is 12.1. The highest BCUT2D eigenvalue weighted by molar-refractivity contribution is 4.99. The Bertz CT molecular complexity index is 302. The maximum absolute atomic E-state index is 6.57. The molecule has 0 aromatic rings. The van der Waals surface area contributed by atoms with Crippen LogP contribution in [0.3, 0.4) is 0 Å². The van der Waals surface area contributed by atoms with Crippen LogP contribution in [0, 0.1) is 5.41 Å². The van der Waals surface area contributed by atoms with E-state index in [4.69, 9.17) is 5.73 Å². The molecule has 2 heterocycles. The quantitative estimate of drug-likeness (QED) is 0.769. The van der Waals surface area contributed by atoms with Crippen LogP contribution in [-0.4, -0.2) is 54.1 Å². The van der Waals surface area contributed by atoms with E-state index in [1.165, 1.54) is 58.3 Å². The van der Waals surface area contributed by atoms with Crippen LogP contribution in [-0.2, 0) is 0 Å². The molecule has 2 saturated heterocycles. The number of fused-ring (bicyclic) bond motifs is 1. The maximum atomic E-state index is 6.57. The van der Waals surface area contributed by atoms with E-state index in [9.17, 15) is 0 Å². The summed E-state index contributed by atoms with van der Waals surface area (Å²) in [4.78, 5) is 5.41. The Labute approximate surface area is 112 Å². The Morgan fingerprint density at radius 2 is 1.78 bits per heavy atom. The lowest BCUT2D eigenvalue weighted by atomic mass is 9.70. The lowest BCUT2D eigenvalue weighted by Gasteiger charge is -2.49. The van der Waals surface area contributed by atoms with Gasteiger partial charge in [0, 0.05) is 37.8 Å². The second kappa shape index (κ2) is 4.77. The average molecular weight is 251 g/mol. The van der Waals surface area contributed by atoms with Gasteiger partial charge >= 0.3 is 0 Å². The number of nitrogens with two attached hydrogens (primary N) is 1. The van der Waals surface area contributed by atoms with Crippen molar-refractivity contribution in [3.63, 3.8) is 0 Å². The van der Waals surface area contributed by atoms with Gasteiger partial charge in [-0.2, -0.15) is 0 Å². The summed E-state index contributed by atoms with van der Waals surface area (Å²) in [5, 5.41) is 0. The highest BCUT2D eigenvalue weighted by Gasteiger charge is 2.41. The topological polar surface area (TPSA) is 32.5 Å². The van der Waals surface area contributed by atoms with Crippen molar-refractivity contribution in [3.05, 3.63) is 0 Å². The molecule has 0 aromatic carbocycles. The second-order valence-electron chi connectivity index (χ2n) is 7.30. The maximum Gasteiger partial charge on any atom is 0.0253 e. The Kier molecular flexibility index (Phi) is 3.41. The molecule has 3 heteroatoms. The van der Waals surface area contributed by atoms with Crippen LogP contribution < -0.4 is 5.73 Å². The fraction of sp³-hybridized carbons (Fsp3) is 1.00. The van der Waals surface area contributed by atoms with Gasteiger partial charge in [-0.15, -0.1) is 0 Å². The van der Waals surface area contributed by atoms with E-state index < -0.39 is 0 Å². The molecule has 2 aliphatic heterocycles. The predicted octanol–water partition coefficient (Wildman–Crippen LogP) is 1.67. The molecule has 3 rings (SSSR count). The molecule has 18 heavy (non-hydrogen) atoms. The molecule has 3 atom stereocenters. The number of nitrogens with zero attached hydrogens (tertiary/aromatic N) is 2. The van der Waals surface area contributed by atoms with Gasteiger partial charge in [-0.05, 0) is 37.6 Å². The molecular formula is C15H29N3. The summed E-state index contributed by atoms with van der Waals surface area (Å²) in [6.07, 6.45) is 6.78. The Morgan fingerprint density at radius 3 is 2.61 bits per heavy atom. The van der Waals surface area contributed by atoms with Gasteiger partial charge in [0.05, 0.1) is 0 Å². The second-order valence-corrected chi connectivity index (χ2v) is 7.30. The predicted molar refractivity (Wildman–Crippen MR) is 75.6 cm³/mol. The molecule has 3 fully saturated rings. The number of piperazine rings is 1. The third kappa shape index (κ3) is 2.21. The highest BCUT2D eigenvalue weighted by atomic mass is 15.3. The van der Waals surface area contributed by atoms with E-state index in [1.54, 1.807) is 0 Å². The molecule has 2 N–H and O–H groups in total. The molecule has 3 nitrogen and oxygen atoms in total. The first kappa shape index (κ1) is 12.9. The summed E-state index contributed by atoms with van der Waals surface area (Å²) in [5.74, 6) is 0. The van der Waals surface area contributed by atoms with E-state index in [0.717, 1.165) is 6.04 Å². The molecule has 3 unspecified atom stereocenters. The average Bonchev–Trinajstić information content (AvgIpc) is 2.79. The van der Waals surface area contributed by atoms with Gasteiger partial charge in [-0.3, -0.25) is 9.80 Å². The molecule has 3 aliphatic rings. The van der Waals surface area contributed by atoms with Crippen LogP contribution in [0.5, 0.6) is 0 Å². The van der Waals surface area contributed by atoms with Gasteiger partial charge in [0.25, 0.3) is 0 Å². The Hall–Kier alpha value is -0.120. The molecule has 104 valence electrons. The summed E-state index contributed by atoms with van der Waals surface area (Å²) in [6.45, 7) is 9.83. The zero-order chi connectivity index (χ0) is 12.8. The van der Waals surface area contributed by atoms with Gasteiger partial charge in [-0.1, -0.05) is 20.3 Å². The standard InChI is InChI=1S/C15H29N3/c1-15(2)7-3-6-13(14(15)16)18-10-9-17-8-4-5-12(17)11-18/h12-14H,3-11,16H2,1-2H3. The summed E-state index contributed by atoms with van der Waals surface area (Å²) < 4.78 is 0. The van der Waals surface area contributed by atoms with E-state index in [0.29, 0.717) is 17.5 Å². The molecule has 0 spiro atoms.